The van der Waals surface area contributed by atoms with E-state index in [1.807, 2.05) is 0 Å². The second-order valence-electron chi connectivity index (χ2n) is 9.64. The number of aromatic nitrogens is 1. The Labute approximate surface area is 210 Å². The minimum Gasteiger partial charge on any atom is -0.443 e. The summed E-state index contributed by atoms with van der Waals surface area (Å²) in [6, 6.07) is 0. The summed E-state index contributed by atoms with van der Waals surface area (Å²) >= 11 is 0. The predicted molar refractivity (Wildman–Crippen MR) is 138 cm³/mol. The number of carbonyl (C=O) groups excluding carboxylic acids is 1. The van der Waals surface area contributed by atoms with Gasteiger partial charge in [0.15, 0.2) is 5.96 Å². The molecule has 0 unspecified atom stereocenters. The quantitative estimate of drug-likeness (QED) is 0.303. The Bertz CT molecular complexity index is 731. The van der Waals surface area contributed by atoms with Crippen LogP contribution >= 0.6 is 24.0 Å². The van der Waals surface area contributed by atoms with Gasteiger partial charge in [0.25, 0.3) is 0 Å². The van der Waals surface area contributed by atoms with Crippen LogP contribution in [0.3, 0.4) is 0 Å². The zero-order valence-corrected chi connectivity index (χ0v) is 22.5. The molecule has 182 valence electrons. The van der Waals surface area contributed by atoms with Gasteiger partial charge in [-0.2, -0.15) is 0 Å². The maximum Gasteiger partial charge on any atom is 0.225 e. The molecule has 1 saturated heterocycles. The van der Waals surface area contributed by atoms with Gasteiger partial charge in [-0.25, -0.2) is 9.98 Å². The largest absolute Gasteiger partial charge is 0.443 e. The van der Waals surface area contributed by atoms with Crippen molar-refractivity contribution in [2.75, 3.05) is 45.8 Å². The smallest absolute Gasteiger partial charge is 0.225 e. The minimum atomic E-state index is -0.0521. The maximum absolute atomic E-state index is 12.6. The van der Waals surface area contributed by atoms with E-state index in [4.69, 9.17) is 4.42 Å². The van der Waals surface area contributed by atoms with Crippen LogP contribution in [0.1, 0.15) is 65.0 Å². The summed E-state index contributed by atoms with van der Waals surface area (Å²) in [5.41, 5.74) is -0.0521. The number of oxazole rings is 1. The molecule has 2 fully saturated rings. The fourth-order valence-electron chi connectivity index (χ4n) is 4.17. The number of piperazine rings is 1. The van der Waals surface area contributed by atoms with Crippen LogP contribution in [0.25, 0.3) is 0 Å². The summed E-state index contributed by atoms with van der Waals surface area (Å²) in [6.45, 7) is 14.9. The Kier molecular flexibility index (Phi) is 10.7. The summed E-state index contributed by atoms with van der Waals surface area (Å²) in [7, 11) is 0. The predicted octanol–water partition coefficient (Wildman–Crippen LogP) is 2.98. The average molecular weight is 561 g/mol. The van der Waals surface area contributed by atoms with Gasteiger partial charge in [0, 0.05) is 57.1 Å². The van der Waals surface area contributed by atoms with Crippen LogP contribution in [-0.4, -0.2) is 72.5 Å². The van der Waals surface area contributed by atoms with Crippen molar-refractivity contribution in [3.63, 3.8) is 0 Å². The normalized spacial score (nSPS) is 18.5. The summed E-state index contributed by atoms with van der Waals surface area (Å²) in [4.78, 5) is 26.0. The lowest BCUT2D eigenvalue weighted by Crippen LogP contribution is -2.51. The monoisotopic (exact) mass is 560 g/mol. The Morgan fingerprint density at radius 3 is 2.47 bits per heavy atom. The number of amides is 1. The highest BCUT2D eigenvalue weighted by Gasteiger charge is 2.29. The van der Waals surface area contributed by atoms with Crippen LogP contribution in [0.2, 0.25) is 0 Å². The van der Waals surface area contributed by atoms with E-state index in [0.717, 1.165) is 70.4 Å². The molecule has 2 heterocycles. The van der Waals surface area contributed by atoms with E-state index in [-0.39, 0.29) is 35.3 Å². The summed E-state index contributed by atoms with van der Waals surface area (Å²) in [5, 5.41) is 6.68. The van der Waals surface area contributed by atoms with E-state index < -0.39 is 0 Å². The molecule has 1 aliphatic carbocycles. The number of aliphatic imine (C=N–C) groups is 1. The van der Waals surface area contributed by atoms with Crippen molar-refractivity contribution < 1.29 is 9.21 Å². The van der Waals surface area contributed by atoms with Crippen LogP contribution < -0.4 is 10.6 Å². The lowest BCUT2D eigenvalue weighted by molar-refractivity contribution is -0.137. The molecule has 1 saturated carbocycles. The lowest BCUT2D eigenvalue weighted by atomic mass is 9.94. The Hall–Kier alpha value is -1.36. The second kappa shape index (κ2) is 12.8. The van der Waals surface area contributed by atoms with Gasteiger partial charge in [0.2, 0.25) is 11.8 Å². The van der Waals surface area contributed by atoms with Crippen LogP contribution in [0, 0.1) is 5.92 Å². The van der Waals surface area contributed by atoms with Crippen LogP contribution in [0.15, 0.2) is 15.6 Å². The van der Waals surface area contributed by atoms with Gasteiger partial charge in [-0.05, 0) is 19.8 Å². The summed E-state index contributed by atoms with van der Waals surface area (Å²) in [5.74, 6) is 2.95. The molecular weight excluding hydrogens is 519 g/mol. The first kappa shape index (κ1) is 26.9. The van der Waals surface area contributed by atoms with Crippen molar-refractivity contribution in [3.8, 4) is 0 Å². The first-order valence-corrected chi connectivity index (χ1v) is 11.9. The van der Waals surface area contributed by atoms with Gasteiger partial charge in [0.05, 0.1) is 6.20 Å². The number of nitrogens with one attached hydrogen (secondary N) is 2. The van der Waals surface area contributed by atoms with Crippen molar-refractivity contribution in [1.82, 2.24) is 25.4 Å². The van der Waals surface area contributed by atoms with Crippen molar-refractivity contribution in [2.45, 2.75) is 65.3 Å². The second-order valence-corrected chi connectivity index (χ2v) is 9.64. The topological polar surface area (TPSA) is 86.0 Å². The van der Waals surface area contributed by atoms with Crippen LogP contribution in [-0.2, 0) is 16.8 Å². The van der Waals surface area contributed by atoms with E-state index in [1.54, 1.807) is 6.20 Å². The van der Waals surface area contributed by atoms with E-state index in [9.17, 15) is 4.79 Å². The molecule has 3 rings (SSSR count). The van der Waals surface area contributed by atoms with Gasteiger partial charge in [0.1, 0.15) is 12.3 Å². The number of hydrogen-bond donors (Lipinski definition) is 2. The molecule has 1 aromatic rings. The van der Waals surface area contributed by atoms with Gasteiger partial charge >= 0.3 is 0 Å². The Balaban J connectivity index is 0.00000363. The van der Waals surface area contributed by atoms with Gasteiger partial charge < -0.3 is 20.0 Å². The highest BCUT2D eigenvalue weighted by molar-refractivity contribution is 14.0. The standard InChI is InChI=1S/C23H40N6O2.HI/c1-5-24-22(27-17-20-26-16-19(31-20)23(2,3)4)25-10-11-28-12-14-29(15-13-28)21(30)18-8-6-7-9-18;/h16,18H,5-15,17H2,1-4H3,(H2,24,25,27);1H. The third-order valence-electron chi connectivity index (χ3n) is 6.12. The summed E-state index contributed by atoms with van der Waals surface area (Å²) < 4.78 is 5.83. The highest BCUT2D eigenvalue weighted by atomic mass is 127. The van der Waals surface area contributed by atoms with E-state index in [1.165, 1.54) is 12.8 Å². The molecule has 0 atom stereocenters. The third-order valence-corrected chi connectivity index (χ3v) is 6.12. The minimum absolute atomic E-state index is 0. The zero-order valence-electron chi connectivity index (χ0n) is 20.2. The SMILES string of the molecule is CCNC(=NCc1ncc(C(C)(C)C)o1)NCCN1CCN(C(=O)C2CCCC2)CC1.I. The molecule has 1 aromatic heterocycles. The Morgan fingerprint density at radius 2 is 1.88 bits per heavy atom. The third kappa shape index (κ3) is 7.90. The molecule has 0 radical (unpaired) electrons. The summed E-state index contributed by atoms with van der Waals surface area (Å²) in [6.07, 6.45) is 6.39. The number of hydrogen-bond acceptors (Lipinski definition) is 5. The van der Waals surface area contributed by atoms with Crippen LogP contribution in [0.4, 0.5) is 0 Å². The molecule has 0 bridgehead atoms. The van der Waals surface area contributed by atoms with Gasteiger partial charge in [-0.1, -0.05) is 33.6 Å². The van der Waals surface area contributed by atoms with Crippen molar-refractivity contribution in [1.29, 1.82) is 0 Å². The number of nitrogens with zero attached hydrogens (tertiary/aromatic N) is 4. The van der Waals surface area contributed by atoms with E-state index in [2.05, 4.69) is 58.1 Å². The molecule has 32 heavy (non-hydrogen) atoms. The fraction of sp³-hybridized carbons (Fsp3) is 0.783. The number of rotatable bonds is 7. The molecule has 0 aromatic carbocycles. The first-order valence-electron chi connectivity index (χ1n) is 11.9. The molecule has 1 amide bonds. The number of carbonyl (C=O) groups is 1. The maximum atomic E-state index is 12.6. The molecule has 9 heteroatoms. The lowest BCUT2D eigenvalue weighted by Gasteiger charge is -2.36. The van der Waals surface area contributed by atoms with Gasteiger partial charge in [-0.3, -0.25) is 9.69 Å². The average Bonchev–Trinajstić information content (AvgIpc) is 3.44. The molecule has 8 nitrogen and oxygen atoms in total. The number of halogens is 1. The highest BCUT2D eigenvalue weighted by Crippen LogP contribution is 2.27. The fourth-order valence-corrected chi connectivity index (χ4v) is 4.17. The molecule has 0 spiro atoms. The Morgan fingerprint density at radius 1 is 1.19 bits per heavy atom. The first-order chi connectivity index (χ1) is 14.9. The molecule has 2 N–H and O–H groups in total. The number of guanidine groups is 1. The van der Waals surface area contributed by atoms with Crippen molar-refractivity contribution >= 4 is 35.8 Å². The molecule has 1 aliphatic heterocycles. The molecular formula is C23H41IN6O2. The van der Waals surface area contributed by atoms with Crippen molar-refractivity contribution in [2.24, 2.45) is 10.9 Å². The van der Waals surface area contributed by atoms with Crippen molar-refractivity contribution in [3.05, 3.63) is 17.8 Å². The van der Waals surface area contributed by atoms with E-state index >= 15 is 0 Å². The van der Waals surface area contributed by atoms with Gasteiger partial charge in [-0.15, -0.1) is 24.0 Å². The molecule has 2 aliphatic rings. The zero-order chi connectivity index (χ0) is 22.3. The van der Waals surface area contributed by atoms with Crippen LogP contribution in [0.5, 0.6) is 0 Å². The van der Waals surface area contributed by atoms with E-state index in [0.29, 0.717) is 18.3 Å².